The van der Waals surface area contributed by atoms with Crippen molar-refractivity contribution in [3.63, 3.8) is 0 Å². The highest BCUT2D eigenvalue weighted by molar-refractivity contribution is 7.98. The SMILES string of the molecule is CCOCOCc1ccc2c(c1SC)OCO2. The molecule has 1 heterocycles. The summed E-state index contributed by atoms with van der Waals surface area (Å²) in [5.74, 6) is 1.64. The van der Waals surface area contributed by atoms with Crippen molar-refractivity contribution in [1.82, 2.24) is 0 Å². The molecule has 2 rings (SSSR count). The van der Waals surface area contributed by atoms with Crippen LogP contribution in [0.3, 0.4) is 0 Å². The fourth-order valence-corrected chi connectivity index (χ4v) is 2.35. The predicted octanol–water partition coefficient (Wildman–Crippen LogP) is 2.65. The minimum Gasteiger partial charge on any atom is -0.454 e. The maximum absolute atomic E-state index is 5.46. The van der Waals surface area contributed by atoms with E-state index in [9.17, 15) is 0 Å². The first-order valence-electron chi connectivity index (χ1n) is 5.47. The number of hydrogen-bond acceptors (Lipinski definition) is 5. The molecule has 0 bridgehead atoms. The lowest BCUT2D eigenvalue weighted by molar-refractivity contribution is -0.0577. The number of fused-ring (bicyclic) bond motifs is 1. The van der Waals surface area contributed by atoms with Gasteiger partial charge in [-0.25, -0.2) is 0 Å². The van der Waals surface area contributed by atoms with E-state index >= 15 is 0 Å². The first kappa shape index (κ1) is 12.5. The van der Waals surface area contributed by atoms with E-state index in [-0.39, 0.29) is 0 Å². The molecular formula is C12H16O4S. The Labute approximate surface area is 105 Å². The van der Waals surface area contributed by atoms with E-state index < -0.39 is 0 Å². The highest BCUT2D eigenvalue weighted by Gasteiger charge is 2.20. The molecule has 0 aliphatic carbocycles. The molecule has 0 fully saturated rings. The second kappa shape index (κ2) is 6.14. The molecule has 1 aliphatic rings. The normalized spacial score (nSPS) is 13.1. The molecule has 0 unspecified atom stereocenters. The van der Waals surface area contributed by atoms with Crippen molar-refractivity contribution in [2.75, 3.05) is 26.4 Å². The van der Waals surface area contributed by atoms with E-state index in [0.29, 0.717) is 26.8 Å². The lowest BCUT2D eigenvalue weighted by atomic mass is 10.2. The van der Waals surface area contributed by atoms with Crippen LogP contribution in [-0.4, -0.2) is 26.4 Å². The lowest BCUT2D eigenvalue weighted by Crippen LogP contribution is -2.01. The van der Waals surface area contributed by atoms with Crippen LogP contribution < -0.4 is 9.47 Å². The summed E-state index contributed by atoms with van der Waals surface area (Å²) >= 11 is 1.64. The molecule has 5 heteroatoms. The van der Waals surface area contributed by atoms with Crippen LogP contribution in [0.1, 0.15) is 12.5 Å². The van der Waals surface area contributed by atoms with Crippen LogP contribution in [0.15, 0.2) is 17.0 Å². The van der Waals surface area contributed by atoms with Crippen molar-refractivity contribution < 1.29 is 18.9 Å². The Morgan fingerprint density at radius 3 is 2.94 bits per heavy atom. The van der Waals surface area contributed by atoms with E-state index in [2.05, 4.69) is 0 Å². The van der Waals surface area contributed by atoms with Gasteiger partial charge in [-0.3, -0.25) is 0 Å². The molecule has 0 saturated carbocycles. The fourth-order valence-electron chi connectivity index (χ4n) is 1.62. The maximum Gasteiger partial charge on any atom is 0.231 e. The second-order valence-electron chi connectivity index (χ2n) is 3.45. The third-order valence-corrected chi connectivity index (χ3v) is 3.26. The highest BCUT2D eigenvalue weighted by atomic mass is 32.2. The average molecular weight is 256 g/mol. The van der Waals surface area contributed by atoms with Crippen LogP contribution in [0.5, 0.6) is 11.5 Å². The summed E-state index contributed by atoms with van der Waals surface area (Å²) in [4.78, 5) is 1.08. The Bertz CT molecular complexity index is 381. The third kappa shape index (κ3) is 2.86. The Kier molecular flexibility index (Phi) is 4.53. The van der Waals surface area contributed by atoms with Gasteiger partial charge < -0.3 is 18.9 Å². The average Bonchev–Trinajstić information content (AvgIpc) is 2.82. The van der Waals surface area contributed by atoms with Crippen molar-refractivity contribution >= 4 is 11.8 Å². The molecule has 1 aromatic rings. The van der Waals surface area contributed by atoms with Crippen molar-refractivity contribution in [2.24, 2.45) is 0 Å². The van der Waals surface area contributed by atoms with Crippen LogP contribution in [-0.2, 0) is 16.1 Å². The number of ether oxygens (including phenoxy) is 4. The van der Waals surface area contributed by atoms with Gasteiger partial charge in [-0.2, -0.15) is 0 Å². The summed E-state index contributed by atoms with van der Waals surface area (Å²) in [5.41, 5.74) is 1.10. The molecule has 17 heavy (non-hydrogen) atoms. The molecule has 0 N–H and O–H groups in total. The largest absolute Gasteiger partial charge is 0.454 e. The first-order chi connectivity index (χ1) is 8.36. The van der Waals surface area contributed by atoms with Crippen LogP contribution in [0.4, 0.5) is 0 Å². The van der Waals surface area contributed by atoms with Crippen LogP contribution in [0, 0.1) is 0 Å². The first-order valence-corrected chi connectivity index (χ1v) is 6.70. The van der Waals surface area contributed by atoms with Gasteiger partial charge in [0.25, 0.3) is 0 Å². The molecule has 94 valence electrons. The quantitative estimate of drug-likeness (QED) is 0.444. The van der Waals surface area contributed by atoms with E-state index in [0.717, 1.165) is 22.0 Å². The van der Waals surface area contributed by atoms with Crippen LogP contribution in [0.2, 0.25) is 0 Å². The molecular weight excluding hydrogens is 240 g/mol. The van der Waals surface area contributed by atoms with Crippen molar-refractivity contribution in [3.05, 3.63) is 17.7 Å². The van der Waals surface area contributed by atoms with E-state index in [1.165, 1.54) is 0 Å². The summed E-state index contributed by atoms with van der Waals surface area (Å²) in [6, 6.07) is 3.92. The van der Waals surface area contributed by atoms with Gasteiger partial charge in [0.15, 0.2) is 11.5 Å². The number of thioether (sulfide) groups is 1. The van der Waals surface area contributed by atoms with Gasteiger partial charge in [-0.1, -0.05) is 6.07 Å². The Morgan fingerprint density at radius 1 is 1.29 bits per heavy atom. The van der Waals surface area contributed by atoms with Gasteiger partial charge in [0.05, 0.1) is 11.5 Å². The topological polar surface area (TPSA) is 36.9 Å². The standard InChI is InChI=1S/C12H16O4S/c1-3-13-7-14-6-9-4-5-10-11(12(9)17-2)16-8-15-10/h4-5H,3,6-8H2,1-2H3. The monoisotopic (exact) mass is 256 g/mol. The minimum absolute atomic E-state index is 0.298. The zero-order chi connectivity index (χ0) is 12.1. The number of benzene rings is 1. The zero-order valence-corrected chi connectivity index (χ0v) is 10.8. The van der Waals surface area contributed by atoms with Crippen LogP contribution in [0.25, 0.3) is 0 Å². The molecule has 0 aromatic heterocycles. The predicted molar refractivity (Wildman–Crippen MR) is 65.6 cm³/mol. The molecule has 0 spiro atoms. The molecule has 0 atom stereocenters. The van der Waals surface area contributed by atoms with Crippen LogP contribution >= 0.6 is 11.8 Å². The highest BCUT2D eigenvalue weighted by Crippen LogP contribution is 2.42. The lowest BCUT2D eigenvalue weighted by Gasteiger charge is -2.10. The summed E-state index contributed by atoms with van der Waals surface area (Å²) < 4.78 is 21.4. The Balaban J connectivity index is 2.06. The molecule has 1 aliphatic heterocycles. The van der Waals surface area contributed by atoms with E-state index in [1.807, 2.05) is 25.3 Å². The van der Waals surface area contributed by atoms with Crippen molar-refractivity contribution in [1.29, 1.82) is 0 Å². The molecule has 1 aromatic carbocycles. The summed E-state index contributed by atoms with van der Waals surface area (Å²) in [7, 11) is 0. The Morgan fingerprint density at radius 2 is 2.18 bits per heavy atom. The van der Waals surface area contributed by atoms with Gasteiger partial charge in [-0.15, -0.1) is 11.8 Å². The zero-order valence-electron chi connectivity index (χ0n) is 10.0. The number of rotatable bonds is 6. The molecule has 4 nitrogen and oxygen atoms in total. The minimum atomic E-state index is 0.298. The fraction of sp³-hybridized carbons (Fsp3) is 0.500. The Hall–Kier alpha value is -0.910. The van der Waals surface area contributed by atoms with Crippen molar-refractivity contribution in [3.8, 4) is 11.5 Å². The van der Waals surface area contributed by atoms with Gasteiger partial charge in [-0.05, 0) is 24.8 Å². The maximum atomic E-state index is 5.46. The van der Waals surface area contributed by atoms with Gasteiger partial charge >= 0.3 is 0 Å². The summed E-state index contributed by atoms with van der Waals surface area (Å²) in [6.45, 7) is 3.74. The smallest absolute Gasteiger partial charge is 0.231 e. The molecule has 0 radical (unpaired) electrons. The second-order valence-corrected chi connectivity index (χ2v) is 4.27. The summed E-state index contributed by atoms with van der Waals surface area (Å²) in [5, 5.41) is 0. The third-order valence-electron chi connectivity index (χ3n) is 2.41. The van der Waals surface area contributed by atoms with Gasteiger partial charge in [0.1, 0.15) is 6.79 Å². The van der Waals surface area contributed by atoms with Gasteiger partial charge in [0.2, 0.25) is 6.79 Å². The molecule has 0 saturated heterocycles. The van der Waals surface area contributed by atoms with Gasteiger partial charge in [0, 0.05) is 6.61 Å². The van der Waals surface area contributed by atoms with Crippen molar-refractivity contribution in [2.45, 2.75) is 18.4 Å². The van der Waals surface area contributed by atoms with E-state index in [4.69, 9.17) is 18.9 Å². The number of hydrogen-bond donors (Lipinski definition) is 0. The summed E-state index contributed by atoms with van der Waals surface area (Å²) in [6.07, 6.45) is 2.02. The molecule has 0 amide bonds. The van der Waals surface area contributed by atoms with E-state index in [1.54, 1.807) is 11.8 Å².